The molecule has 1 heterocycles. The second-order valence-electron chi connectivity index (χ2n) is 10.9. The zero-order valence-corrected chi connectivity index (χ0v) is 21.7. The molecule has 0 bridgehead atoms. The molecule has 190 valence electrons. The van der Waals surface area contributed by atoms with Crippen molar-refractivity contribution in [2.75, 3.05) is 13.1 Å². The van der Waals surface area contributed by atoms with Crippen LogP contribution in [0.4, 0.5) is 0 Å². The molecular weight excluding hydrogens is 446 g/mol. The lowest BCUT2D eigenvalue weighted by molar-refractivity contribution is -0.130. The summed E-state index contributed by atoms with van der Waals surface area (Å²) in [7, 11) is 0. The van der Waals surface area contributed by atoms with Gasteiger partial charge in [0.2, 0.25) is 0 Å². The van der Waals surface area contributed by atoms with Gasteiger partial charge in [-0.2, -0.15) is 0 Å². The largest absolute Gasteiger partial charge is 0.508 e. The third-order valence-electron chi connectivity index (χ3n) is 7.23. The predicted octanol–water partition coefficient (Wildman–Crippen LogP) is 6.94. The van der Waals surface area contributed by atoms with Crippen molar-refractivity contribution in [2.45, 2.75) is 64.0 Å². The Morgan fingerprint density at radius 1 is 0.806 bits per heavy atom. The van der Waals surface area contributed by atoms with Gasteiger partial charge in [0, 0.05) is 24.2 Å². The van der Waals surface area contributed by atoms with Gasteiger partial charge in [-0.1, -0.05) is 93.9 Å². The van der Waals surface area contributed by atoms with Gasteiger partial charge in [0.15, 0.2) is 0 Å². The maximum Gasteiger partial charge on any atom is 0.148 e. The third-order valence-corrected chi connectivity index (χ3v) is 7.23. The van der Waals surface area contributed by atoms with E-state index in [0.29, 0.717) is 24.0 Å². The summed E-state index contributed by atoms with van der Waals surface area (Å²) in [4.78, 5) is 2.10. The molecule has 0 radical (unpaired) electrons. The molecule has 1 aliphatic heterocycles. The van der Waals surface area contributed by atoms with E-state index >= 15 is 0 Å². The fourth-order valence-electron chi connectivity index (χ4n) is 5.43. The number of hydrogen-bond acceptors (Lipinski definition) is 4. The molecule has 3 N–H and O–H groups in total. The number of hydrogen-bond donors (Lipinski definition) is 3. The maximum absolute atomic E-state index is 12.3. The molecule has 4 rings (SSSR count). The van der Waals surface area contributed by atoms with Crippen LogP contribution in [0.25, 0.3) is 5.57 Å². The lowest BCUT2D eigenvalue weighted by atomic mass is 9.81. The fourth-order valence-corrected chi connectivity index (χ4v) is 5.43. The quantitative estimate of drug-likeness (QED) is 0.339. The summed E-state index contributed by atoms with van der Waals surface area (Å²) in [5, 5.41) is 34.2. The minimum Gasteiger partial charge on any atom is -0.508 e. The van der Waals surface area contributed by atoms with E-state index in [9.17, 15) is 15.3 Å². The molecular formula is C32H39NO3. The molecule has 0 saturated carbocycles. The molecule has 1 atom stereocenters. The molecule has 1 unspecified atom stereocenters. The van der Waals surface area contributed by atoms with Gasteiger partial charge in [0.05, 0.1) is 0 Å². The van der Waals surface area contributed by atoms with E-state index in [1.165, 1.54) is 0 Å². The maximum atomic E-state index is 12.3. The van der Waals surface area contributed by atoms with Crippen LogP contribution in [-0.4, -0.2) is 33.3 Å². The van der Waals surface area contributed by atoms with Crippen LogP contribution < -0.4 is 0 Å². The Hall–Kier alpha value is -3.08. The Balaban J connectivity index is 1.74. The summed E-state index contributed by atoms with van der Waals surface area (Å²) in [5.41, 5.74) is 2.53. The number of allylic oxidation sites excluding steroid dienone is 1. The number of phenols is 2. The van der Waals surface area contributed by atoms with Crippen LogP contribution in [0, 0.1) is 0 Å². The summed E-state index contributed by atoms with van der Waals surface area (Å²) in [6, 6.07) is 23.9. The van der Waals surface area contributed by atoms with Crippen molar-refractivity contribution < 1.29 is 15.3 Å². The van der Waals surface area contributed by atoms with Crippen LogP contribution in [0.5, 0.6) is 11.5 Å². The second kappa shape index (κ2) is 10.9. The van der Waals surface area contributed by atoms with Crippen LogP contribution in [0.2, 0.25) is 0 Å². The number of nitrogens with zero attached hydrogens (tertiary/aromatic N) is 1. The number of phenolic OH excluding ortho intramolecular Hbond substituents is 2. The number of piperidine rings is 1. The average molecular weight is 486 g/mol. The van der Waals surface area contributed by atoms with Crippen LogP contribution in [0.15, 0.2) is 78.9 Å². The molecule has 1 aliphatic rings. The highest BCUT2D eigenvalue weighted by molar-refractivity contribution is 5.79. The van der Waals surface area contributed by atoms with Crippen molar-refractivity contribution in [1.82, 2.24) is 4.90 Å². The van der Waals surface area contributed by atoms with E-state index in [1.54, 1.807) is 12.1 Å². The van der Waals surface area contributed by atoms with Gasteiger partial charge >= 0.3 is 0 Å². The predicted molar refractivity (Wildman–Crippen MR) is 147 cm³/mol. The Morgan fingerprint density at radius 2 is 1.36 bits per heavy atom. The zero-order chi connectivity index (χ0) is 25.8. The molecule has 3 aromatic rings. The Kier molecular flexibility index (Phi) is 7.87. The summed E-state index contributed by atoms with van der Waals surface area (Å²) in [6.07, 6.45) is 6.43. The standard InChI is InChI=1S/C32H39NO3/c1-31(2,3)29-28(34)20-19-27(30(29)35)32(36,33-22-11-6-12-23-33)21-13-18-26(24-14-7-4-8-15-24)25-16-9-5-10-17-25/h4-5,7-10,14-20,34-36H,6,11-13,21-23H2,1-3H3. The van der Waals surface area contributed by atoms with Gasteiger partial charge in [0.25, 0.3) is 0 Å². The molecule has 0 spiro atoms. The van der Waals surface area contributed by atoms with Crippen molar-refractivity contribution in [2.24, 2.45) is 0 Å². The van der Waals surface area contributed by atoms with Gasteiger partial charge in [0.1, 0.15) is 17.2 Å². The molecule has 1 fully saturated rings. The van der Waals surface area contributed by atoms with Gasteiger partial charge in [-0.15, -0.1) is 0 Å². The summed E-state index contributed by atoms with van der Waals surface area (Å²) >= 11 is 0. The average Bonchev–Trinajstić information content (AvgIpc) is 2.87. The first-order valence-electron chi connectivity index (χ1n) is 13.1. The van der Waals surface area contributed by atoms with E-state index in [0.717, 1.165) is 49.1 Å². The first-order chi connectivity index (χ1) is 17.2. The number of aromatic hydroxyl groups is 2. The van der Waals surface area contributed by atoms with E-state index in [2.05, 4.69) is 35.2 Å². The fraction of sp³-hybridized carbons (Fsp3) is 0.375. The molecule has 1 saturated heterocycles. The highest BCUT2D eigenvalue weighted by atomic mass is 16.3. The smallest absolute Gasteiger partial charge is 0.148 e. The van der Waals surface area contributed by atoms with Gasteiger partial charge in [-0.3, -0.25) is 4.90 Å². The van der Waals surface area contributed by atoms with Crippen molar-refractivity contribution >= 4 is 5.57 Å². The SMILES string of the molecule is CC(C)(C)c1c(O)ccc(C(O)(CCC=C(c2ccccc2)c2ccccc2)N2CCCCC2)c1O. The van der Waals surface area contributed by atoms with Crippen LogP contribution in [0.3, 0.4) is 0 Å². The highest BCUT2D eigenvalue weighted by Gasteiger charge is 2.40. The minimum atomic E-state index is -1.34. The zero-order valence-electron chi connectivity index (χ0n) is 21.7. The molecule has 3 aromatic carbocycles. The van der Waals surface area contributed by atoms with Crippen LogP contribution in [0.1, 0.15) is 75.1 Å². The topological polar surface area (TPSA) is 63.9 Å². The lowest BCUT2D eigenvalue weighted by Gasteiger charge is -2.43. The lowest BCUT2D eigenvalue weighted by Crippen LogP contribution is -2.48. The Morgan fingerprint density at radius 3 is 1.89 bits per heavy atom. The third kappa shape index (κ3) is 5.50. The van der Waals surface area contributed by atoms with E-state index in [1.807, 2.05) is 57.2 Å². The molecule has 36 heavy (non-hydrogen) atoms. The van der Waals surface area contributed by atoms with Crippen LogP contribution >= 0.6 is 0 Å². The van der Waals surface area contributed by atoms with Gasteiger partial charge < -0.3 is 15.3 Å². The number of rotatable bonds is 7. The monoisotopic (exact) mass is 485 g/mol. The molecule has 0 aromatic heterocycles. The van der Waals surface area contributed by atoms with E-state index < -0.39 is 11.1 Å². The van der Waals surface area contributed by atoms with E-state index in [-0.39, 0.29) is 11.5 Å². The van der Waals surface area contributed by atoms with Crippen molar-refractivity contribution in [3.8, 4) is 11.5 Å². The summed E-state index contributed by atoms with van der Waals surface area (Å²) in [5.74, 6) is 0.0472. The first-order valence-corrected chi connectivity index (χ1v) is 13.1. The minimum absolute atomic E-state index is 0.00843. The van der Waals surface area contributed by atoms with Gasteiger partial charge in [-0.05, 0) is 59.9 Å². The first kappa shape index (κ1) is 26.0. The van der Waals surface area contributed by atoms with E-state index in [4.69, 9.17) is 0 Å². The molecule has 0 amide bonds. The van der Waals surface area contributed by atoms with Crippen molar-refractivity contribution in [3.05, 3.63) is 101 Å². The van der Waals surface area contributed by atoms with Gasteiger partial charge in [-0.25, -0.2) is 0 Å². The second-order valence-corrected chi connectivity index (χ2v) is 10.9. The van der Waals surface area contributed by atoms with Crippen molar-refractivity contribution in [1.29, 1.82) is 0 Å². The summed E-state index contributed by atoms with van der Waals surface area (Å²) in [6.45, 7) is 7.42. The number of benzene rings is 3. The highest BCUT2D eigenvalue weighted by Crippen LogP contribution is 2.46. The number of likely N-dealkylation sites (tertiary alicyclic amines) is 1. The number of aliphatic hydroxyl groups is 1. The molecule has 4 heteroatoms. The molecule has 4 nitrogen and oxygen atoms in total. The molecule has 0 aliphatic carbocycles. The van der Waals surface area contributed by atoms with Crippen LogP contribution in [-0.2, 0) is 11.1 Å². The Labute approximate surface area is 215 Å². The Bertz CT molecular complexity index is 1130. The normalized spacial score (nSPS) is 16.3. The summed E-state index contributed by atoms with van der Waals surface area (Å²) < 4.78 is 0. The van der Waals surface area contributed by atoms with Crippen molar-refractivity contribution in [3.63, 3.8) is 0 Å².